The van der Waals surface area contributed by atoms with Crippen LogP contribution in [0.25, 0.3) is 0 Å². The second kappa shape index (κ2) is 11.4. The monoisotopic (exact) mass is 439 g/mol. The highest BCUT2D eigenvalue weighted by atomic mass is 16.5. The second-order valence-corrected chi connectivity index (χ2v) is 7.89. The highest BCUT2D eigenvalue weighted by Gasteiger charge is 2.23. The van der Waals surface area contributed by atoms with E-state index in [0.717, 1.165) is 54.8 Å². The standard InChI is InChI=1S/C24H33N5O3/c1-17(30)27-20-7-5-6-18(10-20)14-26-24(25-2)28-21-8-9-29(16-21)15-19-11-22(31-3)13-23(12-19)32-4/h5-7,10-13,21H,8-9,14-16H2,1-4H3,(H,27,30)(H2,25,26,28). The van der Waals surface area contributed by atoms with Gasteiger partial charge in [0.1, 0.15) is 11.5 Å². The molecular formula is C24H33N5O3. The van der Waals surface area contributed by atoms with Crippen LogP contribution in [-0.2, 0) is 17.9 Å². The summed E-state index contributed by atoms with van der Waals surface area (Å²) in [6, 6.07) is 14.1. The maximum atomic E-state index is 11.3. The number of benzene rings is 2. The van der Waals surface area contributed by atoms with E-state index in [9.17, 15) is 4.79 Å². The van der Waals surface area contributed by atoms with Crippen LogP contribution in [0.15, 0.2) is 47.5 Å². The first kappa shape index (κ1) is 23.4. The molecule has 8 nitrogen and oxygen atoms in total. The topological polar surface area (TPSA) is 87.2 Å². The van der Waals surface area contributed by atoms with Crippen molar-refractivity contribution < 1.29 is 14.3 Å². The first-order valence-corrected chi connectivity index (χ1v) is 10.8. The molecule has 172 valence electrons. The van der Waals surface area contributed by atoms with E-state index >= 15 is 0 Å². The summed E-state index contributed by atoms with van der Waals surface area (Å²) in [5.41, 5.74) is 3.03. The van der Waals surface area contributed by atoms with Crippen molar-refractivity contribution in [3.8, 4) is 11.5 Å². The summed E-state index contributed by atoms with van der Waals surface area (Å²) >= 11 is 0. The Kier molecular flexibility index (Phi) is 8.33. The number of carbonyl (C=O) groups excluding carboxylic acids is 1. The second-order valence-electron chi connectivity index (χ2n) is 7.89. The maximum absolute atomic E-state index is 11.3. The van der Waals surface area contributed by atoms with Crippen LogP contribution in [0.4, 0.5) is 5.69 Å². The molecule has 0 radical (unpaired) electrons. The van der Waals surface area contributed by atoms with Crippen LogP contribution in [0.1, 0.15) is 24.5 Å². The molecule has 1 atom stereocenters. The van der Waals surface area contributed by atoms with Gasteiger partial charge < -0.3 is 25.4 Å². The van der Waals surface area contributed by atoms with Gasteiger partial charge in [-0.25, -0.2) is 0 Å². The molecule has 0 aromatic heterocycles. The van der Waals surface area contributed by atoms with Crippen LogP contribution in [0, 0.1) is 0 Å². The zero-order valence-corrected chi connectivity index (χ0v) is 19.3. The minimum absolute atomic E-state index is 0.0780. The number of hydrogen-bond donors (Lipinski definition) is 3. The van der Waals surface area contributed by atoms with Gasteiger partial charge in [-0.2, -0.15) is 0 Å². The Bertz CT molecular complexity index is 925. The lowest BCUT2D eigenvalue weighted by molar-refractivity contribution is -0.114. The average molecular weight is 440 g/mol. The van der Waals surface area contributed by atoms with E-state index in [-0.39, 0.29) is 5.91 Å². The van der Waals surface area contributed by atoms with Gasteiger partial charge in [0.15, 0.2) is 5.96 Å². The Morgan fingerprint density at radius 2 is 1.88 bits per heavy atom. The number of methoxy groups -OCH3 is 2. The van der Waals surface area contributed by atoms with Crippen LogP contribution in [-0.4, -0.2) is 57.2 Å². The van der Waals surface area contributed by atoms with Gasteiger partial charge in [0, 0.05) is 57.9 Å². The minimum Gasteiger partial charge on any atom is -0.497 e. The number of amides is 1. The number of likely N-dealkylation sites (tertiary alicyclic amines) is 1. The average Bonchev–Trinajstić information content (AvgIpc) is 3.22. The van der Waals surface area contributed by atoms with Crippen LogP contribution in [0.5, 0.6) is 11.5 Å². The molecule has 3 N–H and O–H groups in total. The summed E-state index contributed by atoms with van der Waals surface area (Å²) in [7, 11) is 5.12. The van der Waals surface area contributed by atoms with E-state index < -0.39 is 0 Å². The van der Waals surface area contributed by atoms with Gasteiger partial charge in [-0.3, -0.25) is 14.7 Å². The molecule has 2 aromatic rings. The summed E-state index contributed by atoms with van der Waals surface area (Å²) < 4.78 is 10.8. The predicted molar refractivity (Wildman–Crippen MR) is 127 cm³/mol. The van der Waals surface area contributed by atoms with Gasteiger partial charge in [0.05, 0.1) is 14.2 Å². The van der Waals surface area contributed by atoms with Crippen LogP contribution in [0.2, 0.25) is 0 Å². The van der Waals surface area contributed by atoms with E-state index in [0.29, 0.717) is 12.6 Å². The van der Waals surface area contributed by atoms with Gasteiger partial charge in [0.2, 0.25) is 5.91 Å². The number of carbonyl (C=O) groups is 1. The van der Waals surface area contributed by atoms with E-state index in [2.05, 4.69) is 38.0 Å². The maximum Gasteiger partial charge on any atom is 0.221 e. The van der Waals surface area contributed by atoms with Gasteiger partial charge in [-0.05, 0) is 41.8 Å². The van der Waals surface area contributed by atoms with Crippen molar-refractivity contribution in [3.63, 3.8) is 0 Å². The fourth-order valence-corrected chi connectivity index (χ4v) is 3.85. The molecule has 2 aromatic carbocycles. The molecule has 1 amide bonds. The molecule has 0 spiro atoms. The van der Waals surface area contributed by atoms with Crippen molar-refractivity contribution in [3.05, 3.63) is 53.6 Å². The summed E-state index contributed by atoms with van der Waals surface area (Å²) in [5, 5.41) is 9.69. The van der Waals surface area contributed by atoms with Crippen molar-refractivity contribution >= 4 is 17.6 Å². The molecule has 0 bridgehead atoms. The van der Waals surface area contributed by atoms with Gasteiger partial charge >= 0.3 is 0 Å². The molecule has 1 heterocycles. The molecule has 3 rings (SSSR count). The molecule has 0 aliphatic carbocycles. The number of rotatable bonds is 8. The Balaban J connectivity index is 1.50. The van der Waals surface area contributed by atoms with E-state index in [1.165, 1.54) is 12.5 Å². The van der Waals surface area contributed by atoms with E-state index in [1.54, 1.807) is 21.3 Å². The van der Waals surface area contributed by atoms with Gasteiger partial charge in [-0.15, -0.1) is 0 Å². The minimum atomic E-state index is -0.0780. The normalized spacial score (nSPS) is 16.5. The highest BCUT2D eigenvalue weighted by Crippen LogP contribution is 2.24. The summed E-state index contributed by atoms with van der Waals surface area (Å²) in [4.78, 5) is 18.0. The number of hydrogen-bond acceptors (Lipinski definition) is 5. The number of nitrogens with zero attached hydrogens (tertiary/aromatic N) is 2. The lowest BCUT2D eigenvalue weighted by Crippen LogP contribution is -2.44. The number of nitrogens with one attached hydrogen (secondary N) is 3. The van der Waals surface area contributed by atoms with Crippen molar-refractivity contribution in [1.29, 1.82) is 0 Å². The lowest BCUT2D eigenvalue weighted by Gasteiger charge is -2.19. The van der Waals surface area contributed by atoms with Crippen molar-refractivity contribution in [2.45, 2.75) is 32.5 Å². The summed E-state index contributed by atoms with van der Waals surface area (Å²) in [6.45, 7) is 4.90. The zero-order valence-electron chi connectivity index (χ0n) is 19.3. The van der Waals surface area contributed by atoms with Crippen LogP contribution < -0.4 is 25.4 Å². The fraction of sp³-hybridized carbons (Fsp3) is 0.417. The molecular weight excluding hydrogens is 406 g/mol. The first-order valence-electron chi connectivity index (χ1n) is 10.8. The Hall–Kier alpha value is -3.26. The van der Waals surface area contributed by atoms with Crippen molar-refractivity contribution in [2.75, 3.05) is 39.7 Å². The molecule has 1 aliphatic heterocycles. The fourth-order valence-electron chi connectivity index (χ4n) is 3.85. The molecule has 1 aliphatic rings. The number of guanidine groups is 1. The molecule has 1 fully saturated rings. The van der Waals surface area contributed by atoms with Crippen molar-refractivity contribution in [1.82, 2.24) is 15.5 Å². The van der Waals surface area contributed by atoms with Gasteiger partial charge in [-0.1, -0.05) is 12.1 Å². The smallest absolute Gasteiger partial charge is 0.221 e. The first-order chi connectivity index (χ1) is 15.5. The third-order valence-electron chi connectivity index (χ3n) is 5.36. The predicted octanol–water partition coefficient (Wildman–Crippen LogP) is 2.60. The highest BCUT2D eigenvalue weighted by molar-refractivity contribution is 5.88. The third kappa shape index (κ3) is 6.88. The zero-order chi connectivity index (χ0) is 22.9. The number of aliphatic imine (C=N–C) groups is 1. The Labute approximate surface area is 190 Å². The molecule has 32 heavy (non-hydrogen) atoms. The molecule has 1 saturated heterocycles. The molecule has 0 saturated carbocycles. The molecule has 1 unspecified atom stereocenters. The van der Waals surface area contributed by atoms with E-state index in [4.69, 9.17) is 9.47 Å². The third-order valence-corrected chi connectivity index (χ3v) is 5.36. The van der Waals surface area contributed by atoms with Gasteiger partial charge in [0.25, 0.3) is 0 Å². The van der Waals surface area contributed by atoms with Crippen LogP contribution >= 0.6 is 0 Å². The quantitative estimate of drug-likeness (QED) is 0.433. The van der Waals surface area contributed by atoms with Crippen LogP contribution in [0.3, 0.4) is 0 Å². The van der Waals surface area contributed by atoms with Crippen molar-refractivity contribution in [2.24, 2.45) is 4.99 Å². The Morgan fingerprint density at radius 1 is 1.12 bits per heavy atom. The number of ether oxygens (including phenoxy) is 2. The summed E-state index contributed by atoms with van der Waals surface area (Å²) in [5.74, 6) is 2.30. The SMILES string of the molecule is CN=C(NCc1cccc(NC(C)=O)c1)NC1CCN(Cc2cc(OC)cc(OC)c2)C1. The largest absolute Gasteiger partial charge is 0.497 e. The Morgan fingerprint density at radius 3 is 2.53 bits per heavy atom. The van der Waals surface area contributed by atoms with E-state index in [1.807, 2.05) is 30.3 Å². The lowest BCUT2D eigenvalue weighted by atomic mass is 10.2. The summed E-state index contributed by atoms with van der Waals surface area (Å²) in [6.07, 6.45) is 1.04. The molecule has 8 heteroatoms. The number of anilines is 1.